The second-order valence-corrected chi connectivity index (χ2v) is 8.85. The van der Waals surface area contributed by atoms with Crippen molar-refractivity contribution in [1.29, 1.82) is 0 Å². The van der Waals surface area contributed by atoms with Crippen LogP contribution in [0, 0.1) is 6.92 Å². The molecule has 0 unspecified atom stereocenters. The Labute approximate surface area is 189 Å². The molecule has 3 aromatic rings. The topological polar surface area (TPSA) is 121 Å². The molecule has 8 nitrogen and oxygen atoms in total. The van der Waals surface area contributed by atoms with Crippen molar-refractivity contribution in [3.05, 3.63) is 70.5 Å². The number of hydrogen-bond acceptors (Lipinski definition) is 6. The second kappa shape index (κ2) is 9.52. The Balaban J connectivity index is 1.64. The lowest BCUT2D eigenvalue weighted by molar-refractivity contribution is -0.118. The molecule has 3 rings (SSSR count). The fraction of sp³-hybridized carbons (Fsp3) is 0.100. The van der Waals surface area contributed by atoms with Gasteiger partial charge in [0.25, 0.3) is 5.91 Å². The maximum Gasteiger partial charge on any atom is 0.262 e. The third-order valence-corrected chi connectivity index (χ3v) is 5.29. The molecular weight excluding hydrogens is 465 g/mol. The summed E-state index contributed by atoms with van der Waals surface area (Å²) in [6.07, 6.45) is 3.26. The molecule has 0 spiro atoms. The van der Waals surface area contributed by atoms with E-state index >= 15 is 0 Å². The molecule has 2 aromatic carbocycles. The van der Waals surface area contributed by atoms with E-state index in [4.69, 9.17) is 37.8 Å². The van der Waals surface area contributed by atoms with E-state index in [1.54, 1.807) is 24.5 Å². The number of benzene rings is 2. The van der Waals surface area contributed by atoms with E-state index in [2.05, 4.69) is 10.3 Å². The van der Waals surface area contributed by atoms with Gasteiger partial charge in [0.1, 0.15) is 17.2 Å². The molecule has 3 N–H and O–H groups in total. The number of rotatable bonds is 7. The third-order valence-electron chi connectivity index (χ3n) is 3.84. The summed E-state index contributed by atoms with van der Waals surface area (Å²) >= 11 is 12.1. The lowest BCUT2D eigenvalue weighted by atomic mass is 10.3. The van der Waals surface area contributed by atoms with E-state index in [1.807, 2.05) is 13.0 Å². The van der Waals surface area contributed by atoms with Crippen LogP contribution in [0.3, 0.4) is 0 Å². The van der Waals surface area contributed by atoms with E-state index in [0.29, 0.717) is 22.3 Å². The summed E-state index contributed by atoms with van der Waals surface area (Å²) in [5, 5.41) is 7.96. The maximum absolute atomic E-state index is 12.2. The number of halogens is 2. The van der Waals surface area contributed by atoms with Crippen molar-refractivity contribution < 1.29 is 22.7 Å². The largest absolute Gasteiger partial charge is 0.484 e. The quantitative estimate of drug-likeness (QED) is 0.522. The Kier molecular flexibility index (Phi) is 7.01. The molecule has 0 radical (unpaired) electrons. The van der Waals surface area contributed by atoms with Gasteiger partial charge in [-0.2, -0.15) is 0 Å². The first kappa shape index (κ1) is 22.8. The summed E-state index contributed by atoms with van der Waals surface area (Å²) < 4.78 is 33.9. The van der Waals surface area contributed by atoms with Gasteiger partial charge < -0.3 is 14.8 Å². The number of anilines is 1. The maximum atomic E-state index is 12.2. The summed E-state index contributed by atoms with van der Waals surface area (Å²) in [7, 11) is -3.90. The predicted molar refractivity (Wildman–Crippen MR) is 117 cm³/mol. The fourth-order valence-electron chi connectivity index (χ4n) is 2.51. The first-order valence-electron chi connectivity index (χ1n) is 8.75. The number of nitrogens with zero attached hydrogens (tertiary/aromatic N) is 1. The van der Waals surface area contributed by atoms with Crippen LogP contribution in [0.2, 0.25) is 10.0 Å². The number of primary sulfonamides is 1. The van der Waals surface area contributed by atoms with Crippen LogP contribution in [-0.4, -0.2) is 25.9 Å². The predicted octanol–water partition coefficient (Wildman–Crippen LogP) is 4.15. The minimum absolute atomic E-state index is 0.0186. The zero-order valence-electron chi connectivity index (χ0n) is 16.1. The van der Waals surface area contributed by atoms with Gasteiger partial charge in [0.15, 0.2) is 6.61 Å². The average molecular weight is 482 g/mol. The van der Waals surface area contributed by atoms with Gasteiger partial charge in [-0.25, -0.2) is 13.6 Å². The second-order valence-electron chi connectivity index (χ2n) is 6.45. The average Bonchev–Trinajstić information content (AvgIpc) is 2.67. The Morgan fingerprint density at radius 2 is 1.81 bits per heavy atom. The highest BCUT2D eigenvalue weighted by molar-refractivity contribution is 7.89. The molecule has 0 fully saturated rings. The van der Waals surface area contributed by atoms with Crippen molar-refractivity contribution in [1.82, 2.24) is 4.98 Å². The van der Waals surface area contributed by atoms with Crippen LogP contribution in [0.15, 0.2) is 59.8 Å². The number of carbonyl (C=O) groups excluding carboxylic acids is 1. The summed E-state index contributed by atoms with van der Waals surface area (Å²) in [4.78, 5) is 16.1. The Morgan fingerprint density at radius 3 is 2.48 bits per heavy atom. The molecule has 0 aliphatic carbocycles. The van der Waals surface area contributed by atoms with Gasteiger partial charge in [-0.1, -0.05) is 23.2 Å². The number of sulfonamides is 1. The zero-order valence-corrected chi connectivity index (χ0v) is 18.5. The number of aryl methyl sites for hydroxylation is 1. The van der Waals surface area contributed by atoms with Crippen molar-refractivity contribution >= 4 is 44.8 Å². The Hall–Kier alpha value is -2.85. The van der Waals surface area contributed by atoms with E-state index in [9.17, 15) is 13.2 Å². The van der Waals surface area contributed by atoms with Gasteiger partial charge in [0.2, 0.25) is 10.0 Å². The third kappa shape index (κ3) is 6.56. The van der Waals surface area contributed by atoms with Crippen molar-refractivity contribution in [3.8, 4) is 17.2 Å². The first-order chi connectivity index (χ1) is 14.6. The molecule has 11 heteroatoms. The van der Waals surface area contributed by atoms with Gasteiger partial charge in [0.05, 0.1) is 21.8 Å². The Morgan fingerprint density at radius 1 is 1.06 bits per heavy atom. The lowest BCUT2D eigenvalue weighted by Gasteiger charge is -2.11. The molecule has 0 aliphatic heterocycles. The van der Waals surface area contributed by atoms with Gasteiger partial charge in [0, 0.05) is 17.3 Å². The minimum atomic E-state index is -3.90. The molecule has 0 atom stereocenters. The van der Waals surface area contributed by atoms with Crippen LogP contribution in [0.25, 0.3) is 0 Å². The summed E-state index contributed by atoms with van der Waals surface area (Å²) in [6, 6.07) is 10.2. The minimum Gasteiger partial charge on any atom is -0.484 e. The van der Waals surface area contributed by atoms with Crippen LogP contribution in [-0.2, 0) is 14.8 Å². The SMILES string of the molecule is Cc1cncc(Oc2cc(Cl)cc(OCC(=O)Nc3ccc(S(N)(=O)=O)cc3Cl)c2)c1. The molecule has 1 aromatic heterocycles. The van der Waals surface area contributed by atoms with Crippen LogP contribution >= 0.6 is 23.2 Å². The van der Waals surface area contributed by atoms with Crippen molar-refractivity contribution in [2.45, 2.75) is 11.8 Å². The van der Waals surface area contributed by atoms with E-state index < -0.39 is 15.9 Å². The van der Waals surface area contributed by atoms with Gasteiger partial charge in [-0.3, -0.25) is 9.78 Å². The number of nitrogens with two attached hydrogens (primary N) is 1. The lowest BCUT2D eigenvalue weighted by Crippen LogP contribution is -2.20. The van der Waals surface area contributed by atoms with E-state index in [1.165, 1.54) is 18.2 Å². The number of aromatic nitrogens is 1. The first-order valence-corrected chi connectivity index (χ1v) is 11.1. The highest BCUT2D eigenvalue weighted by atomic mass is 35.5. The van der Waals surface area contributed by atoms with Crippen molar-refractivity contribution in [2.24, 2.45) is 5.14 Å². The van der Waals surface area contributed by atoms with Gasteiger partial charge >= 0.3 is 0 Å². The van der Waals surface area contributed by atoms with Crippen molar-refractivity contribution in [2.75, 3.05) is 11.9 Å². The van der Waals surface area contributed by atoms with Crippen LogP contribution in [0.1, 0.15) is 5.56 Å². The van der Waals surface area contributed by atoms with Gasteiger partial charge in [-0.05, 0) is 48.9 Å². The van der Waals surface area contributed by atoms with Crippen LogP contribution in [0.4, 0.5) is 5.69 Å². The van der Waals surface area contributed by atoms with Crippen LogP contribution in [0.5, 0.6) is 17.2 Å². The number of pyridine rings is 1. The molecule has 0 saturated heterocycles. The zero-order chi connectivity index (χ0) is 22.6. The molecule has 0 bridgehead atoms. The molecule has 0 saturated carbocycles. The number of nitrogens with one attached hydrogen (secondary N) is 1. The van der Waals surface area contributed by atoms with Gasteiger partial charge in [-0.15, -0.1) is 0 Å². The molecule has 162 valence electrons. The summed E-state index contributed by atoms with van der Waals surface area (Å²) in [6.45, 7) is 1.54. The van der Waals surface area contributed by atoms with E-state index in [0.717, 1.165) is 11.6 Å². The number of carbonyl (C=O) groups is 1. The van der Waals surface area contributed by atoms with Crippen LogP contribution < -0.4 is 19.9 Å². The Bertz CT molecular complexity index is 1240. The fourth-order valence-corrected chi connectivity index (χ4v) is 3.56. The standard InChI is InChI=1S/C20H17Cl2N3O5S/c1-12-4-16(10-24-9-12)30-15-6-13(21)5-14(7-15)29-11-20(26)25-19-3-2-17(8-18(19)22)31(23,27)28/h2-10H,11H2,1H3,(H,25,26)(H2,23,27,28). The molecule has 1 heterocycles. The number of amides is 1. The molecule has 31 heavy (non-hydrogen) atoms. The molecule has 0 aliphatic rings. The number of ether oxygens (including phenoxy) is 2. The van der Waals surface area contributed by atoms with Crippen molar-refractivity contribution in [3.63, 3.8) is 0 Å². The smallest absolute Gasteiger partial charge is 0.262 e. The highest BCUT2D eigenvalue weighted by Crippen LogP contribution is 2.30. The molecule has 1 amide bonds. The van der Waals surface area contributed by atoms with E-state index in [-0.39, 0.29) is 22.2 Å². The monoisotopic (exact) mass is 481 g/mol. The highest BCUT2D eigenvalue weighted by Gasteiger charge is 2.13. The summed E-state index contributed by atoms with van der Waals surface area (Å²) in [5.41, 5.74) is 1.15. The summed E-state index contributed by atoms with van der Waals surface area (Å²) in [5.74, 6) is 0.741. The number of hydrogen-bond donors (Lipinski definition) is 2. The normalized spacial score (nSPS) is 11.1. The molecular formula is C20H17Cl2N3O5S.